The number of rotatable bonds is 14. The number of unbranched alkanes of at least 4 members (excludes halogenated alkanes) is 7. The van der Waals surface area contributed by atoms with Crippen LogP contribution in [0.5, 0.6) is 0 Å². The van der Waals surface area contributed by atoms with Gasteiger partial charge in [0.1, 0.15) is 29.9 Å². The summed E-state index contributed by atoms with van der Waals surface area (Å²) in [4.78, 5) is 3.79. The third-order valence-electron chi connectivity index (χ3n) is 5.76. The van der Waals surface area contributed by atoms with Crippen LogP contribution in [-0.4, -0.2) is 39.3 Å². The van der Waals surface area contributed by atoms with Crippen LogP contribution in [0.4, 0.5) is 8.78 Å². The van der Waals surface area contributed by atoms with Crippen molar-refractivity contribution in [3.63, 3.8) is 0 Å². The third-order valence-corrected chi connectivity index (χ3v) is 8.09. The minimum atomic E-state index is -3.77. The second-order valence-electron chi connectivity index (χ2n) is 8.13. The molecule has 2 aromatic rings. The lowest BCUT2D eigenvalue weighted by atomic mass is 9.90. The van der Waals surface area contributed by atoms with E-state index < -0.39 is 32.3 Å². The summed E-state index contributed by atoms with van der Waals surface area (Å²) in [6.07, 6.45) is 10.6. The molecule has 0 radical (unpaired) electrons. The topological polar surface area (TPSA) is 85.1 Å². The smallest absolute Gasteiger partial charge is 0.156 e. The molecule has 0 saturated carbocycles. The first-order valence-electron chi connectivity index (χ1n) is 10.9. The van der Waals surface area contributed by atoms with Crippen LogP contribution >= 0.6 is 0 Å². The highest BCUT2D eigenvalue weighted by atomic mass is 32.2. The second kappa shape index (κ2) is 11.7. The Bertz CT molecular complexity index is 907. The van der Waals surface area contributed by atoms with Crippen LogP contribution < -0.4 is 0 Å². The number of nitrogens with zero attached hydrogens (tertiary/aromatic N) is 3. The van der Waals surface area contributed by atoms with Gasteiger partial charge in [0.15, 0.2) is 9.84 Å². The zero-order chi connectivity index (χ0) is 22.9. The molecule has 0 spiro atoms. The van der Waals surface area contributed by atoms with Gasteiger partial charge >= 0.3 is 0 Å². The maximum Gasteiger partial charge on any atom is 0.156 e. The molecule has 0 bridgehead atoms. The molecule has 0 aliphatic rings. The monoisotopic (exact) mass is 457 g/mol. The van der Waals surface area contributed by atoms with E-state index in [-0.39, 0.29) is 17.9 Å². The molecular weight excluding hydrogens is 424 g/mol. The lowest BCUT2D eigenvalue weighted by Gasteiger charge is -2.34. The quantitative estimate of drug-likeness (QED) is 0.425. The van der Waals surface area contributed by atoms with E-state index in [1.54, 1.807) is 0 Å². The molecule has 31 heavy (non-hydrogen) atoms. The van der Waals surface area contributed by atoms with Crippen molar-refractivity contribution >= 4 is 9.84 Å². The highest BCUT2D eigenvalue weighted by Gasteiger charge is 2.45. The number of aliphatic hydroxyl groups is 1. The van der Waals surface area contributed by atoms with Crippen molar-refractivity contribution < 1.29 is 22.3 Å². The zero-order valence-electron chi connectivity index (χ0n) is 18.3. The maximum absolute atomic E-state index is 14.6. The third kappa shape index (κ3) is 7.07. The van der Waals surface area contributed by atoms with Crippen LogP contribution in [0.2, 0.25) is 0 Å². The number of halogens is 2. The minimum absolute atomic E-state index is 0.106. The van der Waals surface area contributed by atoms with Crippen LogP contribution in [0.25, 0.3) is 0 Å². The molecular formula is C22H33F2N3O3S. The lowest BCUT2D eigenvalue weighted by molar-refractivity contribution is 0.0110. The Balaban J connectivity index is 2.11. The summed E-state index contributed by atoms with van der Waals surface area (Å²) in [6.45, 7) is 3.20. The first kappa shape index (κ1) is 25.4. The predicted octanol–water partition coefficient (Wildman–Crippen LogP) is 4.39. The number of aromatic nitrogens is 3. The minimum Gasteiger partial charge on any atom is -0.382 e. The molecule has 1 aromatic carbocycles. The van der Waals surface area contributed by atoms with Gasteiger partial charge in [-0.2, -0.15) is 5.10 Å². The maximum atomic E-state index is 14.6. The summed E-state index contributed by atoms with van der Waals surface area (Å²) in [6, 6.07) is 2.73. The molecule has 0 fully saturated rings. The van der Waals surface area contributed by atoms with E-state index in [1.807, 2.05) is 0 Å². The van der Waals surface area contributed by atoms with Gasteiger partial charge in [0.2, 0.25) is 0 Å². The second-order valence-corrected chi connectivity index (χ2v) is 10.6. The van der Waals surface area contributed by atoms with E-state index in [0.717, 1.165) is 37.8 Å². The van der Waals surface area contributed by atoms with Crippen molar-refractivity contribution in [3.8, 4) is 0 Å². The summed E-state index contributed by atoms with van der Waals surface area (Å²) < 4.78 is 55.3. The van der Waals surface area contributed by atoms with E-state index in [4.69, 9.17) is 0 Å². The number of sulfone groups is 1. The normalized spacial score (nSPS) is 15.0. The average Bonchev–Trinajstić information content (AvgIpc) is 3.22. The molecule has 9 heteroatoms. The molecule has 0 saturated heterocycles. The first-order chi connectivity index (χ1) is 14.7. The molecule has 0 aliphatic carbocycles. The van der Waals surface area contributed by atoms with Gasteiger partial charge in [0.05, 0.1) is 17.5 Å². The molecule has 2 rings (SSSR count). The Morgan fingerprint density at radius 3 is 2.32 bits per heavy atom. The Kier molecular flexibility index (Phi) is 9.55. The average molecular weight is 458 g/mol. The first-order valence-corrected chi connectivity index (χ1v) is 12.6. The highest BCUT2D eigenvalue weighted by Crippen LogP contribution is 2.34. The van der Waals surface area contributed by atoms with Crippen molar-refractivity contribution in [3.05, 3.63) is 48.1 Å². The van der Waals surface area contributed by atoms with Crippen molar-refractivity contribution in [2.75, 3.05) is 5.75 Å². The summed E-state index contributed by atoms with van der Waals surface area (Å²) in [5, 5.41) is 14.0. The molecule has 174 valence electrons. The fraction of sp³-hybridized carbons (Fsp3) is 0.636. The molecule has 1 N–H and O–H groups in total. The standard InChI is InChI=1S/C22H33F2N3O3S/c1-3-4-5-6-7-8-9-10-13-31(29,30)18(2)22(28,15-27-17-25-16-26-27)20-12-11-19(23)14-21(20)24/h11-12,14,16-18,28H,3-10,13,15H2,1-2H3/t18-,22-/m1/s1. The Labute approximate surface area is 183 Å². The van der Waals surface area contributed by atoms with Crippen LogP contribution in [0, 0.1) is 11.6 Å². The number of benzene rings is 1. The Morgan fingerprint density at radius 1 is 1.10 bits per heavy atom. The number of hydrogen-bond acceptors (Lipinski definition) is 5. The summed E-state index contributed by atoms with van der Waals surface area (Å²) >= 11 is 0. The van der Waals surface area contributed by atoms with Gasteiger partial charge in [-0.15, -0.1) is 0 Å². The Morgan fingerprint density at radius 2 is 1.74 bits per heavy atom. The zero-order valence-corrected chi connectivity index (χ0v) is 19.1. The molecule has 1 heterocycles. The molecule has 2 atom stereocenters. The summed E-state index contributed by atoms with van der Waals surface area (Å²) in [5.74, 6) is -1.92. The fourth-order valence-corrected chi connectivity index (χ4v) is 5.50. The Hall–Kier alpha value is -1.87. The van der Waals surface area contributed by atoms with Crippen LogP contribution in [0.15, 0.2) is 30.9 Å². The van der Waals surface area contributed by atoms with E-state index in [1.165, 1.54) is 43.5 Å². The van der Waals surface area contributed by atoms with Gasteiger partial charge in [-0.1, -0.05) is 57.9 Å². The summed E-state index contributed by atoms with van der Waals surface area (Å²) in [5.41, 5.74) is -2.42. The summed E-state index contributed by atoms with van der Waals surface area (Å²) in [7, 11) is -3.77. The van der Waals surface area contributed by atoms with Crippen molar-refractivity contribution in [1.29, 1.82) is 0 Å². The van der Waals surface area contributed by atoms with E-state index in [2.05, 4.69) is 17.0 Å². The highest BCUT2D eigenvalue weighted by molar-refractivity contribution is 7.92. The largest absolute Gasteiger partial charge is 0.382 e. The number of hydrogen-bond donors (Lipinski definition) is 1. The van der Waals surface area contributed by atoms with Crippen LogP contribution in [0.1, 0.15) is 70.8 Å². The predicted molar refractivity (Wildman–Crippen MR) is 116 cm³/mol. The lowest BCUT2D eigenvalue weighted by Crippen LogP contribution is -2.47. The fourth-order valence-electron chi connectivity index (χ4n) is 3.75. The van der Waals surface area contributed by atoms with E-state index in [0.29, 0.717) is 12.5 Å². The van der Waals surface area contributed by atoms with E-state index >= 15 is 0 Å². The molecule has 1 aromatic heterocycles. The van der Waals surface area contributed by atoms with Gasteiger partial charge in [-0.25, -0.2) is 26.9 Å². The van der Waals surface area contributed by atoms with Gasteiger partial charge in [-0.3, -0.25) is 0 Å². The van der Waals surface area contributed by atoms with Crippen LogP contribution in [0.3, 0.4) is 0 Å². The van der Waals surface area contributed by atoms with Gasteiger partial charge in [0.25, 0.3) is 0 Å². The van der Waals surface area contributed by atoms with Gasteiger partial charge in [0, 0.05) is 11.6 Å². The molecule has 0 unspecified atom stereocenters. The van der Waals surface area contributed by atoms with Crippen LogP contribution in [-0.2, 0) is 22.0 Å². The van der Waals surface area contributed by atoms with Crippen molar-refractivity contribution in [1.82, 2.24) is 14.8 Å². The molecule has 0 amide bonds. The van der Waals surface area contributed by atoms with Gasteiger partial charge in [-0.05, 0) is 19.4 Å². The molecule has 6 nitrogen and oxygen atoms in total. The van der Waals surface area contributed by atoms with Gasteiger partial charge < -0.3 is 5.11 Å². The van der Waals surface area contributed by atoms with Crippen molar-refractivity contribution in [2.45, 2.75) is 82.6 Å². The SMILES string of the molecule is CCCCCCCCCCS(=O)(=O)[C@H](C)[C@](O)(Cn1cncn1)c1ccc(F)cc1F. The molecule has 0 aliphatic heterocycles. The van der Waals surface area contributed by atoms with Crippen molar-refractivity contribution in [2.24, 2.45) is 0 Å². The van der Waals surface area contributed by atoms with E-state index in [9.17, 15) is 22.3 Å².